The molecule has 0 spiro atoms. The van der Waals surface area contributed by atoms with Crippen LogP contribution in [0.4, 0.5) is 0 Å². The third-order valence-corrected chi connectivity index (χ3v) is 5.41. The Morgan fingerprint density at radius 2 is 1.82 bits per heavy atom. The molecule has 0 radical (unpaired) electrons. The molecule has 8 heteroatoms. The maximum Gasteiger partial charge on any atom is 0.335 e. The number of halogens is 1. The van der Waals surface area contributed by atoms with Gasteiger partial charge >= 0.3 is 5.97 Å². The van der Waals surface area contributed by atoms with Gasteiger partial charge in [0.2, 0.25) is 0 Å². The van der Waals surface area contributed by atoms with Gasteiger partial charge in [-0.1, -0.05) is 58.0 Å². The summed E-state index contributed by atoms with van der Waals surface area (Å²) in [6.45, 7) is 7.57. The number of rotatable bonds is 13. The minimum absolute atomic E-state index is 0.167. The molecule has 0 aliphatic heterocycles. The lowest BCUT2D eigenvalue weighted by Gasteiger charge is -2.32. The topological polar surface area (TPSA) is 78.9 Å². The lowest BCUT2D eigenvalue weighted by Crippen LogP contribution is -2.43. The molecule has 0 fully saturated rings. The second-order valence-electron chi connectivity index (χ2n) is 7.76. The van der Waals surface area contributed by atoms with Gasteiger partial charge in [-0.2, -0.15) is 8.42 Å². The number of hydrogen-bond acceptors (Lipinski definition) is 6. The van der Waals surface area contributed by atoms with Crippen LogP contribution in [0.2, 0.25) is 0 Å². The number of hydrogen-bond donors (Lipinski definition) is 0. The molecule has 1 aromatic rings. The number of alkyl halides is 1. The Bertz CT molecular complexity index is 688. The first-order valence-electron chi connectivity index (χ1n) is 9.32. The van der Waals surface area contributed by atoms with E-state index >= 15 is 0 Å². The van der Waals surface area contributed by atoms with Gasteiger partial charge in [-0.15, -0.1) is 11.6 Å². The minimum atomic E-state index is -3.72. The van der Waals surface area contributed by atoms with Crippen LogP contribution in [0.1, 0.15) is 39.7 Å². The Morgan fingerprint density at radius 3 is 2.39 bits per heavy atom. The lowest BCUT2D eigenvalue weighted by molar-refractivity contribution is -0.170. The number of benzene rings is 1. The summed E-state index contributed by atoms with van der Waals surface area (Å²) < 4.78 is 40.3. The monoisotopic (exact) mass is 434 g/mol. The van der Waals surface area contributed by atoms with E-state index in [0.29, 0.717) is 6.42 Å². The summed E-state index contributed by atoms with van der Waals surface area (Å²) in [5.41, 5.74) is -0.0210. The molecule has 0 unspecified atom stereocenters. The van der Waals surface area contributed by atoms with Crippen LogP contribution in [0.3, 0.4) is 0 Å². The van der Waals surface area contributed by atoms with Gasteiger partial charge < -0.3 is 9.47 Å². The van der Waals surface area contributed by atoms with Crippen molar-refractivity contribution in [1.29, 1.82) is 0 Å². The molecule has 0 bridgehead atoms. The van der Waals surface area contributed by atoms with Gasteiger partial charge in [-0.25, -0.2) is 4.79 Å². The highest BCUT2D eigenvalue weighted by atomic mass is 35.5. The summed E-state index contributed by atoms with van der Waals surface area (Å²) in [6.07, 6.45) is -0.677. The van der Waals surface area contributed by atoms with E-state index in [1.807, 2.05) is 44.2 Å². The highest BCUT2D eigenvalue weighted by Crippen LogP contribution is 2.27. The van der Waals surface area contributed by atoms with Crippen LogP contribution in [0.15, 0.2) is 30.3 Å². The highest BCUT2D eigenvalue weighted by molar-refractivity contribution is 7.86. The van der Waals surface area contributed by atoms with Gasteiger partial charge in [-0.05, 0) is 17.9 Å². The van der Waals surface area contributed by atoms with Crippen LogP contribution in [0.5, 0.6) is 0 Å². The average Bonchev–Trinajstić information content (AvgIpc) is 2.64. The molecule has 0 saturated heterocycles. The highest BCUT2D eigenvalue weighted by Gasteiger charge is 2.39. The normalized spacial score (nSPS) is 13.5. The fourth-order valence-corrected chi connectivity index (χ4v) is 3.69. The molecule has 1 atom stereocenters. The van der Waals surface area contributed by atoms with Gasteiger partial charge in [0.05, 0.1) is 25.6 Å². The van der Waals surface area contributed by atoms with E-state index in [9.17, 15) is 13.2 Å². The molecule has 28 heavy (non-hydrogen) atoms. The number of carbonyl (C=O) groups is 1. The molecule has 0 saturated carbocycles. The van der Waals surface area contributed by atoms with E-state index in [2.05, 4.69) is 0 Å². The standard InChI is InChI=1S/C20H31ClO6S/c1-16(2)13-26-19(22)18(25-14-17-9-6-5-7-10-17)20(3,4)15-27-28(23,24)12-8-11-21/h5-7,9-10,16,18H,8,11-15H2,1-4H3/t18-/m0/s1. The molecular weight excluding hydrogens is 404 g/mol. The Hall–Kier alpha value is -1.15. The maximum absolute atomic E-state index is 12.6. The zero-order chi connectivity index (χ0) is 21.2. The smallest absolute Gasteiger partial charge is 0.335 e. The minimum Gasteiger partial charge on any atom is -0.463 e. The largest absolute Gasteiger partial charge is 0.463 e. The fourth-order valence-electron chi connectivity index (χ4n) is 2.30. The van der Waals surface area contributed by atoms with Crippen molar-refractivity contribution in [2.45, 2.75) is 46.8 Å². The van der Waals surface area contributed by atoms with Crippen molar-refractivity contribution >= 4 is 27.7 Å². The van der Waals surface area contributed by atoms with Gasteiger partial charge in [-0.3, -0.25) is 4.18 Å². The molecule has 0 aliphatic carbocycles. The predicted molar refractivity (Wildman–Crippen MR) is 110 cm³/mol. The number of ether oxygens (including phenoxy) is 2. The van der Waals surface area contributed by atoms with Crippen molar-refractivity contribution < 1.29 is 26.9 Å². The average molecular weight is 435 g/mol. The first kappa shape index (κ1) is 24.9. The summed E-state index contributed by atoms with van der Waals surface area (Å²) in [5.74, 6) is -0.290. The van der Waals surface area contributed by atoms with Crippen molar-refractivity contribution in [3.05, 3.63) is 35.9 Å². The van der Waals surface area contributed by atoms with Crippen LogP contribution < -0.4 is 0 Å². The van der Waals surface area contributed by atoms with Crippen LogP contribution in [0.25, 0.3) is 0 Å². The fraction of sp³-hybridized carbons (Fsp3) is 0.650. The SMILES string of the molecule is CC(C)COC(=O)[C@H](OCc1ccccc1)C(C)(C)COS(=O)(=O)CCCCl. The summed E-state index contributed by atoms with van der Waals surface area (Å²) in [5, 5.41) is 0. The predicted octanol–water partition coefficient (Wildman–Crippen LogP) is 3.77. The molecule has 0 N–H and O–H groups in total. The molecule has 6 nitrogen and oxygen atoms in total. The van der Waals surface area contributed by atoms with Crippen molar-refractivity contribution in [3.8, 4) is 0 Å². The summed E-state index contributed by atoms with van der Waals surface area (Å²) in [6, 6.07) is 9.42. The zero-order valence-corrected chi connectivity index (χ0v) is 18.6. The summed E-state index contributed by atoms with van der Waals surface area (Å²) in [4.78, 5) is 12.6. The van der Waals surface area contributed by atoms with Crippen LogP contribution in [-0.2, 0) is 35.2 Å². The van der Waals surface area contributed by atoms with Gasteiger partial charge in [0, 0.05) is 11.3 Å². The molecule has 0 heterocycles. The van der Waals surface area contributed by atoms with Crippen LogP contribution >= 0.6 is 11.6 Å². The lowest BCUT2D eigenvalue weighted by atomic mass is 9.87. The second kappa shape index (κ2) is 11.8. The first-order chi connectivity index (χ1) is 13.1. The van der Waals surface area contributed by atoms with E-state index in [1.165, 1.54) is 0 Å². The van der Waals surface area contributed by atoms with Gasteiger partial charge in [0.1, 0.15) is 0 Å². The quantitative estimate of drug-likeness (QED) is 0.267. The number of carbonyl (C=O) groups excluding carboxylic acids is 1. The van der Waals surface area contributed by atoms with Crippen molar-refractivity contribution in [2.75, 3.05) is 24.8 Å². The van der Waals surface area contributed by atoms with Crippen molar-refractivity contribution in [1.82, 2.24) is 0 Å². The molecule has 0 amide bonds. The van der Waals surface area contributed by atoms with Crippen molar-refractivity contribution in [3.63, 3.8) is 0 Å². The zero-order valence-electron chi connectivity index (χ0n) is 17.0. The van der Waals surface area contributed by atoms with E-state index in [4.69, 9.17) is 25.3 Å². The van der Waals surface area contributed by atoms with Crippen molar-refractivity contribution in [2.24, 2.45) is 11.3 Å². The Balaban J connectivity index is 2.85. The van der Waals surface area contributed by atoms with E-state index < -0.39 is 27.6 Å². The van der Waals surface area contributed by atoms with E-state index in [1.54, 1.807) is 13.8 Å². The molecule has 1 aromatic carbocycles. The Morgan fingerprint density at radius 1 is 1.18 bits per heavy atom. The maximum atomic E-state index is 12.6. The third-order valence-electron chi connectivity index (χ3n) is 3.88. The van der Waals surface area contributed by atoms with E-state index in [0.717, 1.165) is 5.56 Å². The summed E-state index contributed by atoms with van der Waals surface area (Å²) in [7, 11) is -3.72. The Kier molecular flexibility index (Phi) is 10.4. The number of esters is 1. The molecule has 0 aliphatic rings. The molecule has 0 aromatic heterocycles. The van der Waals surface area contributed by atoms with Crippen LogP contribution in [0, 0.1) is 11.3 Å². The molecular formula is C20H31ClO6S. The molecule has 160 valence electrons. The Labute approximate surface area is 173 Å². The summed E-state index contributed by atoms with van der Waals surface area (Å²) >= 11 is 5.55. The van der Waals surface area contributed by atoms with Crippen LogP contribution in [-0.4, -0.2) is 45.3 Å². The molecule has 1 rings (SSSR count). The van der Waals surface area contributed by atoms with E-state index in [-0.39, 0.29) is 37.4 Å². The van der Waals surface area contributed by atoms with Gasteiger partial charge in [0.15, 0.2) is 6.10 Å². The second-order valence-corrected chi connectivity index (χ2v) is 9.89. The van der Waals surface area contributed by atoms with Gasteiger partial charge in [0.25, 0.3) is 10.1 Å². The first-order valence-corrected chi connectivity index (χ1v) is 11.4. The third kappa shape index (κ3) is 9.37.